The molecule has 1 aliphatic carbocycles. The molecule has 1 aliphatic rings. The quantitative estimate of drug-likeness (QED) is 0.393. The second-order valence-electron chi connectivity index (χ2n) is 7.12. The van der Waals surface area contributed by atoms with Gasteiger partial charge in [0.25, 0.3) is 0 Å². The summed E-state index contributed by atoms with van der Waals surface area (Å²) in [5.41, 5.74) is 1.24. The number of rotatable bonds is 10. The Bertz CT molecular complexity index is 555. The normalized spacial score (nSPS) is 15.8. The van der Waals surface area contributed by atoms with Crippen molar-refractivity contribution >= 4 is 5.96 Å². The smallest absolute Gasteiger partial charge is 0.193 e. The average Bonchev–Trinajstić information content (AvgIpc) is 3.46. The lowest BCUT2D eigenvalue weighted by Gasteiger charge is -2.28. The minimum atomic E-state index is 0.247. The van der Waals surface area contributed by atoms with Crippen molar-refractivity contribution in [3.8, 4) is 5.75 Å². The van der Waals surface area contributed by atoms with Crippen LogP contribution in [0.4, 0.5) is 0 Å². The first-order valence-electron chi connectivity index (χ1n) is 9.35. The van der Waals surface area contributed by atoms with E-state index < -0.39 is 0 Å². The highest BCUT2D eigenvalue weighted by Gasteiger charge is 2.21. The van der Waals surface area contributed by atoms with Crippen LogP contribution in [0.3, 0.4) is 0 Å². The number of methoxy groups -OCH3 is 1. The van der Waals surface area contributed by atoms with Crippen LogP contribution in [0.5, 0.6) is 5.75 Å². The van der Waals surface area contributed by atoms with Gasteiger partial charge >= 0.3 is 0 Å². The highest BCUT2D eigenvalue weighted by atomic mass is 16.5. The molecular formula is C20H34N4O2. The number of nitrogens with one attached hydrogen (secondary N) is 1. The SMILES string of the molecule is CN=C(NCC(c1ccc(OC)cc1)N(C)C)N(C)CCOCC1CC1. The van der Waals surface area contributed by atoms with Crippen LogP contribution in [0.25, 0.3) is 0 Å². The summed E-state index contributed by atoms with van der Waals surface area (Å²) in [6, 6.07) is 8.48. The van der Waals surface area contributed by atoms with Gasteiger partial charge in [0, 0.05) is 33.8 Å². The number of hydrogen-bond acceptors (Lipinski definition) is 4. The summed E-state index contributed by atoms with van der Waals surface area (Å²) < 4.78 is 11.0. The van der Waals surface area contributed by atoms with E-state index in [0.29, 0.717) is 0 Å². The van der Waals surface area contributed by atoms with E-state index in [2.05, 4.69) is 46.3 Å². The molecule has 1 unspecified atom stereocenters. The molecule has 1 fully saturated rings. The van der Waals surface area contributed by atoms with Gasteiger partial charge in [0.2, 0.25) is 0 Å². The van der Waals surface area contributed by atoms with E-state index in [0.717, 1.165) is 43.9 Å². The van der Waals surface area contributed by atoms with E-state index in [1.165, 1.54) is 18.4 Å². The molecule has 1 N–H and O–H groups in total. The van der Waals surface area contributed by atoms with Gasteiger partial charge in [-0.25, -0.2) is 0 Å². The first-order valence-corrected chi connectivity index (χ1v) is 9.35. The number of benzene rings is 1. The molecule has 26 heavy (non-hydrogen) atoms. The molecule has 0 heterocycles. The van der Waals surface area contributed by atoms with Crippen molar-refractivity contribution in [2.24, 2.45) is 10.9 Å². The number of hydrogen-bond donors (Lipinski definition) is 1. The maximum atomic E-state index is 5.73. The van der Waals surface area contributed by atoms with E-state index in [-0.39, 0.29) is 6.04 Å². The second-order valence-corrected chi connectivity index (χ2v) is 7.12. The van der Waals surface area contributed by atoms with Gasteiger partial charge in [0.05, 0.1) is 19.8 Å². The van der Waals surface area contributed by atoms with Gasteiger partial charge in [0.15, 0.2) is 5.96 Å². The number of guanidine groups is 1. The second kappa shape index (κ2) is 10.4. The predicted octanol–water partition coefficient (Wildman–Crippen LogP) is 2.23. The Morgan fingerprint density at radius 2 is 1.92 bits per heavy atom. The molecular weight excluding hydrogens is 328 g/mol. The molecule has 0 aromatic heterocycles. The Morgan fingerprint density at radius 3 is 2.46 bits per heavy atom. The van der Waals surface area contributed by atoms with Crippen LogP contribution in [0.15, 0.2) is 29.3 Å². The first kappa shape index (κ1) is 20.5. The van der Waals surface area contributed by atoms with Crippen LogP contribution in [-0.2, 0) is 4.74 Å². The third-order valence-corrected chi connectivity index (χ3v) is 4.77. The topological polar surface area (TPSA) is 49.3 Å². The monoisotopic (exact) mass is 362 g/mol. The number of aliphatic imine (C=N–C) groups is 1. The van der Waals surface area contributed by atoms with Gasteiger partial charge in [-0.15, -0.1) is 0 Å². The maximum Gasteiger partial charge on any atom is 0.193 e. The van der Waals surface area contributed by atoms with Gasteiger partial charge in [-0.2, -0.15) is 0 Å². The number of likely N-dealkylation sites (N-methyl/N-ethyl adjacent to an activating group) is 2. The summed E-state index contributed by atoms with van der Waals surface area (Å²) in [6.07, 6.45) is 2.66. The van der Waals surface area contributed by atoms with E-state index in [4.69, 9.17) is 9.47 Å². The molecule has 2 rings (SSSR count). The summed E-state index contributed by atoms with van der Waals surface area (Å²) >= 11 is 0. The fraction of sp³-hybridized carbons (Fsp3) is 0.650. The lowest BCUT2D eigenvalue weighted by Crippen LogP contribution is -2.43. The summed E-state index contributed by atoms with van der Waals surface area (Å²) in [7, 11) is 9.74. The Balaban J connectivity index is 1.83. The van der Waals surface area contributed by atoms with E-state index in [1.54, 1.807) is 7.11 Å². The van der Waals surface area contributed by atoms with Crippen LogP contribution >= 0.6 is 0 Å². The summed E-state index contributed by atoms with van der Waals surface area (Å²) in [5.74, 6) is 2.57. The van der Waals surface area contributed by atoms with E-state index in [9.17, 15) is 0 Å². The van der Waals surface area contributed by atoms with Crippen LogP contribution < -0.4 is 10.1 Å². The summed E-state index contributed by atoms with van der Waals surface area (Å²) in [4.78, 5) is 8.73. The molecule has 0 saturated heterocycles. The van der Waals surface area contributed by atoms with E-state index >= 15 is 0 Å². The zero-order valence-electron chi connectivity index (χ0n) is 16.9. The van der Waals surface area contributed by atoms with Crippen molar-refractivity contribution in [3.05, 3.63) is 29.8 Å². The number of ether oxygens (including phenoxy) is 2. The molecule has 146 valence electrons. The zero-order chi connectivity index (χ0) is 18.9. The lowest BCUT2D eigenvalue weighted by atomic mass is 10.1. The number of nitrogens with zero attached hydrogens (tertiary/aromatic N) is 3. The average molecular weight is 363 g/mol. The van der Waals surface area contributed by atoms with Crippen LogP contribution in [0.2, 0.25) is 0 Å². The summed E-state index contributed by atoms with van der Waals surface area (Å²) in [5, 5.41) is 3.49. The summed E-state index contributed by atoms with van der Waals surface area (Å²) in [6.45, 7) is 3.25. The highest BCUT2D eigenvalue weighted by molar-refractivity contribution is 5.79. The molecule has 0 radical (unpaired) electrons. The Kier molecular flexibility index (Phi) is 8.19. The molecule has 1 aromatic carbocycles. The molecule has 0 spiro atoms. The van der Waals surface area contributed by atoms with Crippen molar-refractivity contribution in [1.82, 2.24) is 15.1 Å². The van der Waals surface area contributed by atoms with Crippen molar-refractivity contribution < 1.29 is 9.47 Å². The Morgan fingerprint density at radius 1 is 1.23 bits per heavy atom. The zero-order valence-corrected chi connectivity index (χ0v) is 16.9. The largest absolute Gasteiger partial charge is 0.497 e. The van der Waals surface area contributed by atoms with Crippen molar-refractivity contribution in [2.75, 3.05) is 61.6 Å². The minimum absolute atomic E-state index is 0.247. The standard InChI is InChI=1S/C20H34N4O2/c1-21-20(24(4)12-13-26-15-16-6-7-16)22-14-19(23(2)3)17-8-10-18(25-5)11-9-17/h8-11,16,19H,6-7,12-15H2,1-5H3,(H,21,22). The highest BCUT2D eigenvalue weighted by Crippen LogP contribution is 2.28. The molecule has 1 aromatic rings. The van der Waals surface area contributed by atoms with Gasteiger partial charge in [-0.1, -0.05) is 12.1 Å². The molecule has 1 atom stereocenters. The van der Waals surface area contributed by atoms with Crippen LogP contribution in [-0.4, -0.2) is 77.4 Å². The Labute approximate surface area is 158 Å². The fourth-order valence-corrected chi connectivity index (χ4v) is 2.84. The van der Waals surface area contributed by atoms with Gasteiger partial charge < -0.3 is 24.6 Å². The third kappa shape index (κ3) is 6.50. The van der Waals surface area contributed by atoms with Gasteiger partial charge in [-0.3, -0.25) is 4.99 Å². The van der Waals surface area contributed by atoms with Crippen molar-refractivity contribution in [3.63, 3.8) is 0 Å². The van der Waals surface area contributed by atoms with Gasteiger partial charge in [-0.05, 0) is 50.6 Å². The molecule has 6 heteroatoms. The van der Waals surface area contributed by atoms with Crippen LogP contribution in [0, 0.1) is 5.92 Å². The maximum absolute atomic E-state index is 5.73. The first-order chi connectivity index (χ1) is 12.5. The third-order valence-electron chi connectivity index (χ3n) is 4.77. The molecule has 0 bridgehead atoms. The molecule has 6 nitrogen and oxygen atoms in total. The molecule has 1 saturated carbocycles. The van der Waals surface area contributed by atoms with Crippen molar-refractivity contribution in [1.29, 1.82) is 0 Å². The Hall–Kier alpha value is -1.79. The van der Waals surface area contributed by atoms with Gasteiger partial charge in [0.1, 0.15) is 5.75 Å². The molecule has 0 aliphatic heterocycles. The van der Waals surface area contributed by atoms with E-state index in [1.807, 2.05) is 26.2 Å². The predicted molar refractivity (Wildman–Crippen MR) is 107 cm³/mol. The van der Waals surface area contributed by atoms with Crippen molar-refractivity contribution in [2.45, 2.75) is 18.9 Å². The molecule has 0 amide bonds. The minimum Gasteiger partial charge on any atom is -0.497 e. The fourth-order valence-electron chi connectivity index (χ4n) is 2.84. The van der Waals surface area contributed by atoms with Crippen LogP contribution in [0.1, 0.15) is 24.4 Å². The lowest BCUT2D eigenvalue weighted by molar-refractivity contribution is 0.115.